The van der Waals surface area contributed by atoms with Crippen LogP contribution in [0.4, 0.5) is 0 Å². The summed E-state index contributed by atoms with van der Waals surface area (Å²) >= 11 is 0. The van der Waals surface area contributed by atoms with Crippen molar-refractivity contribution >= 4 is 16.7 Å². The molecule has 0 bridgehead atoms. The Labute approximate surface area is 170 Å². The summed E-state index contributed by atoms with van der Waals surface area (Å²) in [5.41, 5.74) is 2.18. The summed E-state index contributed by atoms with van der Waals surface area (Å²) in [6, 6.07) is 27.7. The number of hydrogen-bond donors (Lipinski definition) is 1. The van der Waals surface area contributed by atoms with E-state index in [1.807, 2.05) is 60.7 Å². The zero-order valence-corrected chi connectivity index (χ0v) is 16.0. The van der Waals surface area contributed by atoms with Gasteiger partial charge in [0.2, 0.25) is 11.8 Å². The van der Waals surface area contributed by atoms with Crippen molar-refractivity contribution in [1.82, 2.24) is 10.3 Å². The van der Waals surface area contributed by atoms with Crippen LogP contribution in [-0.2, 0) is 17.8 Å². The van der Waals surface area contributed by atoms with E-state index in [2.05, 4.69) is 34.6 Å². The quantitative estimate of drug-likeness (QED) is 0.473. The lowest BCUT2D eigenvalue weighted by Gasteiger charge is -2.09. The predicted octanol–water partition coefficient (Wildman–Crippen LogP) is 5.28. The first-order chi connectivity index (χ1) is 14.3. The molecule has 0 radical (unpaired) electrons. The van der Waals surface area contributed by atoms with Crippen LogP contribution in [0.2, 0.25) is 0 Å². The predicted molar refractivity (Wildman–Crippen MR) is 115 cm³/mol. The van der Waals surface area contributed by atoms with Crippen LogP contribution in [0.1, 0.15) is 17.5 Å². The maximum atomic E-state index is 12.3. The van der Waals surface area contributed by atoms with Crippen LogP contribution >= 0.6 is 0 Å². The Morgan fingerprint density at radius 2 is 1.72 bits per heavy atom. The Kier molecular flexibility index (Phi) is 5.81. The van der Waals surface area contributed by atoms with Gasteiger partial charge in [-0.1, -0.05) is 60.7 Å². The average molecular weight is 382 g/mol. The number of hydrogen-bond acceptors (Lipinski definition) is 3. The highest BCUT2D eigenvalue weighted by molar-refractivity contribution is 5.86. The molecule has 4 rings (SSSR count). The van der Waals surface area contributed by atoms with Crippen LogP contribution in [0.15, 0.2) is 91.1 Å². The Balaban J connectivity index is 1.32. The minimum atomic E-state index is 0.0361. The molecule has 1 amide bonds. The van der Waals surface area contributed by atoms with Gasteiger partial charge in [0.15, 0.2) is 0 Å². The molecule has 0 unspecified atom stereocenters. The van der Waals surface area contributed by atoms with Crippen molar-refractivity contribution in [1.29, 1.82) is 0 Å². The van der Waals surface area contributed by atoms with Crippen molar-refractivity contribution in [3.63, 3.8) is 0 Å². The van der Waals surface area contributed by atoms with E-state index in [0.717, 1.165) is 12.0 Å². The van der Waals surface area contributed by atoms with Crippen LogP contribution in [-0.4, -0.2) is 10.9 Å². The first-order valence-electron chi connectivity index (χ1n) is 9.69. The van der Waals surface area contributed by atoms with E-state index < -0.39 is 0 Å². The molecular formula is C25H22N2O2. The van der Waals surface area contributed by atoms with Crippen molar-refractivity contribution in [2.24, 2.45) is 0 Å². The molecule has 3 aromatic carbocycles. The maximum Gasteiger partial charge on any atom is 0.220 e. The molecule has 144 valence electrons. The second kappa shape index (κ2) is 9.02. The minimum absolute atomic E-state index is 0.0361. The Morgan fingerprint density at radius 3 is 2.62 bits per heavy atom. The van der Waals surface area contributed by atoms with E-state index in [4.69, 9.17) is 4.74 Å². The lowest BCUT2D eigenvalue weighted by Crippen LogP contribution is -2.23. The third-order valence-electron chi connectivity index (χ3n) is 4.75. The summed E-state index contributed by atoms with van der Waals surface area (Å²) in [7, 11) is 0. The lowest BCUT2D eigenvalue weighted by atomic mass is 10.0. The summed E-state index contributed by atoms with van der Waals surface area (Å²) in [5.74, 6) is 1.28. The number of rotatable bonds is 7. The molecule has 29 heavy (non-hydrogen) atoms. The fourth-order valence-electron chi connectivity index (χ4n) is 3.29. The molecule has 4 heteroatoms. The Morgan fingerprint density at radius 1 is 0.897 bits per heavy atom. The lowest BCUT2D eigenvalue weighted by molar-refractivity contribution is -0.121. The number of aryl methyl sites for hydroxylation is 1. The number of nitrogens with one attached hydrogen (secondary N) is 1. The van der Waals surface area contributed by atoms with Crippen molar-refractivity contribution in [3.8, 4) is 11.6 Å². The molecule has 0 atom stereocenters. The van der Waals surface area contributed by atoms with Gasteiger partial charge in [-0.05, 0) is 46.5 Å². The zero-order chi connectivity index (χ0) is 19.9. The Hall–Kier alpha value is -3.66. The fraction of sp³-hybridized carbons (Fsp3) is 0.120. The number of aromatic nitrogens is 1. The van der Waals surface area contributed by atoms with Crippen molar-refractivity contribution < 1.29 is 9.53 Å². The summed E-state index contributed by atoms with van der Waals surface area (Å²) < 4.78 is 5.75. The van der Waals surface area contributed by atoms with E-state index in [1.54, 1.807) is 6.20 Å². The second-order valence-electron chi connectivity index (χ2n) is 6.83. The van der Waals surface area contributed by atoms with Crippen LogP contribution in [0, 0.1) is 0 Å². The smallest absolute Gasteiger partial charge is 0.220 e. The van der Waals surface area contributed by atoms with Gasteiger partial charge >= 0.3 is 0 Å². The molecular weight excluding hydrogens is 360 g/mol. The molecule has 0 aliphatic heterocycles. The second-order valence-corrected chi connectivity index (χ2v) is 6.83. The van der Waals surface area contributed by atoms with E-state index in [9.17, 15) is 4.79 Å². The van der Waals surface area contributed by atoms with Crippen molar-refractivity contribution in [2.75, 3.05) is 0 Å². The van der Waals surface area contributed by atoms with Gasteiger partial charge in [-0.2, -0.15) is 0 Å². The van der Waals surface area contributed by atoms with E-state index in [0.29, 0.717) is 24.6 Å². The third-order valence-corrected chi connectivity index (χ3v) is 4.75. The maximum absolute atomic E-state index is 12.3. The standard InChI is InChI=1S/C25H22N2O2/c28-24(15-14-21-10-6-9-20-8-1-2-12-23(20)21)27-18-19-7-5-11-22(17-19)29-25-13-3-4-16-26-25/h1-13,16-17H,14-15,18H2,(H,27,28). The topological polar surface area (TPSA) is 51.2 Å². The third kappa shape index (κ3) is 4.99. The average Bonchev–Trinajstić information content (AvgIpc) is 2.77. The summed E-state index contributed by atoms with van der Waals surface area (Å²) in [6.45, 7) is 0.466. The van der Waals surface area contributed by atoms with Crippen LogP contribution in [0.5, 0.6) is 11.6 Å². The molecule has 0 saturated carbocycles. The van der Waals surface area contributed by atoms with Gasteiger partial charge in [0.25, 0.3) is 0 Å². The largest absolute Gasteiger partial charge is 0.439 e. The molecule has 4 aromatic rings. The van der Waals surface area contributed by atoms with Gasteiger partial charge in [0, 0.05) is 25.2 Å². The highest BCUT2D eigenvalue weighted by Gasteiger charge is 2.06. The van der Waals surface area contributed by atoms with Gasteiger partial charge in [-0.15, -0.1) is 0 Å². The first-order valence-corrected chi connectivity index (χ1v) is 9.69. The molecule has 4 nitrogen and oxygen atoms in total. The monoisotopic (exact) mass is 382 g/mol. The van der Waals surface area contributed by atoms with Crippen LogP contribution in [0.3, 0.4) is 0 Å². The number of carbonyl (C=O) groups excluding carboxylic acids is 1. The highest BCUT2D eigenvalue weighted by atomic mass is 16.5. The van der Waals surface area contributed by atoms with Gasteiger partial charge < -0.3 is 10.1 Å². The first kappa shape index (κ1) is 18.7. The normalized spacial score (nSPS) is 10.6. The number of benzene rings is 3. The van der Waals surface area contributed by atoms with Gasteiger partial charge in [0.05, 0.1) is 0 Å². The molecule has 0 fully saturated rings. The van der Waals surface area contributed by atoms with E-state index in [-0.39, 0.29) is 5.91 Å². The molecule has 0 aliphatic carbocycles. The van der Waals surface area contributed by atoms with Crippen LogP contribution in [0.25, 0.3) is 10.8 Å². The van der Waals surface area contributed by atoms with Gasteiger partial charge in [-0.3, -0.25) is 4.79 Å². The van der Waals surface area contributed by atoms with Gasteiger partial charge in [-0.25, -0.2) is 4.98 Å². The van der Waals surface area contributed by atoms with Crippen LogP contribution < -0.4 is 10.1 Å². The summed E-state index contributed by atoms with van der Waals surface area (Å²) in [4.78, 5) is 16.5. The molecule has 0 saturated heterocycles. The Bertz CT molecular complexity index is 1100. The molecule has 1 aromatic heterocycles. The number of fused-ring (bicyclic) bond motifs is 1. The molecule has 1 N–H and O–H groups in total. The zero-order valence-electron chi connectivity index (χ0n) is 16.0. The molecule has 0 spiro atoms. The fourth-order valence-corrected chi connectivity index (χ4v) is 3.29. The summed E-state index contributed by atoms with van der Waals surface area (Å²) in [5, 5.41) is 5.41. The molecule has 1 heterocycles. The highest BCUT2D eigenvalue weighted by Crippen LogP contribution is 2.21. The number of pyridine rings is 1. The van der Waals surface area contributed by atoms with E-state index in [1.165, 1.54) is 16.3 Å². The number of amides is 1. The number of ether oxygens (including phenoxy) is 1. The SMILES string of the molecule is O=C(CCc1cccc2ccccc12)NCc1cccc(Oc2ccccn2)c1. The van der Waals surface area contributed by atoms with Crippen molar-refractivity contribution in [2.45, 2.75) is 19.4 Å². The van der Waals surface area contributed by atoms with Gasteiger partial charge in [0.1, 0.15) is 5.75 Å². The number of nitrogens with zero attached hydrogens (tertiary/aromatic N) is 1. The van der Waals surface area contributed by atoms with Crippen molar-refractivity contribution in [3.05, 3.63) is 102 Å². The van der Waals surface area contributed by atoms with E-state index >= 15 is 0 Å². The minimum Gasteiger partial charge on any atom is -0.439 e. The summed E-state index contributed by atoms with van der Waals surface area (Å²) in [6.07, 6.45) is 2.86. The molecule has 0 aliphatic rings. The number of carbonyl (C=O) groups is 1.